The molecule has 0 saturated carbocycles. The Hall–Kier alpha value is -1.96. The number of hydrogen-bond acceptors (Lipinski definition) is 8. The molecular formula is C23H62N6O6S. The van der Waals surface area contributed by atoms with Crippen molar-refractivity contribution in [3.05, 3.63) is 0 Å². The summed E-state index contributed by atoms with van der Waals surface area (Å²) in [7, 11) is -2.66. The molecule has 2 amide bonds. The van der Waals surface area contributed by atoms with Gasteiger partial charge in [0.2, 0.25) is 11.8 Å². The van der Waals surface area contributed by atoms with Crippen LogP contribution in [0.4, 0.5) is 0 Å². The van der Waals surface area contributed by atoms with Gasteiger partial charge in [0.15, 0.2) is 5.96 Å². The SMILES string of the molecule is CC.CCC(C)O.CCC(N)=O.CCN.CCN=C(N)N.CCNC(C)=O.CCO.CCS(C)(=O)=O. The molecule has 36 heavy (non-hydrogen) atoms. The number of nitrogens with one attached hydrogen (secondary N) is 1. The zero-order valence-corrected chi connectivity index (χ0v) is 26.0. The van der Waals surface area contributed by atoms with Gasteiger partial charge in [-0.05, 0) is 40.7 Å². The van der Waals surface area contributed by atoms with Crippen molar-refractivity contribution >= 4 is 27.6 Å². The Kier molecular flexibility index (Phi) is 82.3. The van der Waals surface area contributed by atoms with Gasteiger partial charge in [0.25, 0.3) is 0 Å². The lowest BCUT2D eigenvalue weighted by Crippen LogP contribution is -2.22. The smallest absolute Gasteiger partial charge is 0.217 e. The summed E-state index contributed by atoms with van der Waals surface area (Å²) in [5, 5.41) is 18.5. The van der Waals surface area contributed by atoms with Crippen LogP contribution in [-0.4, -0.2) is 80.8 Å². The number of amides is 2. The molecule has 0 aromatic rings. The normalized spacial score (nSPS) is 8.75. The van der Waals surface area contributed by atoms with Gasteiger partial charge in [-0.2, -0.15) is 0 Å². The van der Waals surface area contributed by atoms with Crippen LogP contribution < -0.4 is 28.3 Å². The van der Waals surface area contributed by atoms with Gasteiger partial charge < -0.3 is 38.5 Å². The first-order valence-electron chi connectivity index (χ1n) is 12.2. The van der Waals surface area contributed by atoms with Crippen LogP contribution in [0.25, 0.3) is 0 Å². The number of sulfone groups is 1. The molecule has 0 heterocycles. The molecule has 0 aliphatic carbocycles. The lowest BCUT2D eigenvalue weighted by molar-refractivity contribution is -0.119. The third kappa shape index (κ3) is 253. The van der Waals surface area contributed by atoms with E-state index in [9.17, 15) is 18.0 Å². The Morgan fingerprint density at radius 1 is 0.972 bits per heavy atom. The van der Waals surface area contributed by atoms with Crippen molar-refractivity contribution in [3.8, 4) is 0 Å². The minimum absolute atomic E-state index is 0.0394. The summed E-state index contributed by atoms with van der Waals surface area (Å²) in [6.07, 6.45) is 2.41. The number of aliphatic hydroxyl groups is 2. The van der Waals surface area contributed by atoms with E-state index >= 15 is 0 Å². The molecule has 0 rings (SSSR count). The van der Waals surface area contributed by atoms with E-state index in [4.69, 9.17) is 27.4 Å². The predicted molar refractivity (Wildman–Crippen MR) is 156 cm³/mol. The maximum atomic E-state index is 10.0. The molecule has 13 heteroatoms. The van der Waals surface area contributed by atoms with E-state index in [1.54, 1.807) is 27.7 Å². The lowest BCUT2D eigenvalue weighted by atomic mass is 10.3. The van der Waals surface area contributed by atoms with E-state index in [2.05, 4.69) is 16.0 Å². The molecule has 12 nitrogen and oxygen atoms in total. The summed E-state index contributed by atoms with van der Waals surface area (Å²) < 4.78 is 20.0. The van der Waals surface area contributed by atoms with E-state index in [-0.39, 0.29) is 36.2 Å². The average molecular weight is 551 g/mol. The van der Waals surface area contributed by atoms with Crippen LogP contribution in [0.5, 0.6) is 0 Å². The van der Waals surface area contributed by atoms with Crippen molar-refractivity contribution in [1.29, 1.82) is 0 Å². The highest BCUT2D eigenvalue weighted by Gasteiger charge is 1.90. The zero-order valence-electron chi connectivity index (χ0n) is 25.2. The number of guanidine groups is 1. The minimum atomic E-state index is -2.66. The molecule has 0 aliphatic heterocycles. The summed E-state index contributed by atoms with van der Waals surface area (Å²) in [4.78, 5) is 23.1. The van der Waals surface area contributed by atoms with Crippen LogP contribution in [-0.2, 0) is 19.4 Å². The van der Waals surface area contributed by atoms with E-state index in [0.29, 0.717) is 13.0 Å². The highest BCUT2D eigenvalue weighted by Crippen LogP contribution is 1.81. The molecule has 226 valence electrons. The Balaban J connectivity index is -0.0000000424. The van der Waals surface area contributed by atoms with E-state index in [0.717, 1.165) is 19.5 Å². The molecule has 0 spiro atoms. The fourth-order valence-corrected chi connectivity index (χ4v) is 0.432. The Morgan fingerprint density at radius 3 is 1.22 bits per heavy atom. The molecule has 0 aromatic carbocycles. The summed E-state index contributed by atoms with van der Waals surface area (Å²) in [5.41, 5.74) is 19.4. The van der Waals surface area contributed by atoms with Crippen LogP contribution in [0, 0.1) is 0 Å². The fourth-order valence-electron chi connectivity index (χ4n) is 0.432. The van der Waals surface area contributed by atoms with E-state index < -0.39 is 9.84 Å². The number of aliphatic imine (C=N–C) groups is 1. The van der Waals surface area contributed by atoms with Gasteiger partial charge in [0, 0.05) is 45.0 Å². The van der Waals surface area contributed by atoms with Crippen molar-refractivity contribution in [2.24, 2.45) is 27.9 Å². The van der Waals surface area contributed by atoms with Crippen molar-refractivity contribution in [2.45, 2.75) is 95.1 Å². The molecule has 0 bridgehead atoms. The summed E-state index contributed by atoms with van der Waals surface area (Å²) in [6, 6.07) is 0. The predicted octanol–water partition coefficient (Wildman–Crippen LogP) is 1.12. The van der Waals surface area contributed by atoms with Crippen LogP contribution in [0.3, 0.4) is 0 Å². The molecule has 0 fully saturated rings. The summed E-state index contributed by atoms with van der Waals surface area (Å²) in [6.45, 7) is 22.3. The van der Waals surface area contributed by atoms with Crippen LogP contribution in [0.2, 0.25) is 0 Å². The van der Waals surface area contributed by atoms with Crippen molar-refractivity contribution in [1.82, 2.24) is 5.32 Å². The quantitative estimate of drug-likeness (QED) is 0.191. The van der Waals surface area contributed by atoms with Gasteiger partial charge in [-0.15, -0.1) is 0 Å². The number of aliphatic hydroxyl groups excluding tert-OH is 2. The average Bonchev–Trinajstić information content (AvgIpc) is 2.77. The molecule has 0 radical (unpaired) electrons. The number of carbonyl (C=O) groups excluding carboxylic acids is 2. The minimum Gasteiger partial charge on any atom is -0.397 e. The van der Waals surface area contributed by atoms with E-state index in [1.807, 2.05) is 41.5 Å². The summed E-state index contributed by atoms with van der Waals surface area (Å²) in [5.74, 6) is 0.201. The molecule has 11 N–H and O–H groups in total. The number of nitrogens with zero attached hydrogens (tertiary/aromatic N) is 1. The third-order valence-corrected chi connectivity index (χ3v) is 3.28. The number of nitrogens with two attached hydrogens (primary N) is 4. The maximum Gasteiger partial charge on any atom is 0.217 e. The Morgan fingerprint density at radius 2 is 1.22 bits per heavy atom. The largest absolute Gasteiger partial charge is 0.397 e. The lowest BCUT2D eigenvalue weighted by Gasteiger charge is -1.90. The maximum absolute atomic E-state index is 10.0. The first-order chi connectivity index (χ1) is 16.5. The van der Waals surface area contributed by atoms with Crippen molar-refractivity contribution in [3.63, 3.8) is 0 Å². The van der Waals surface area contributed by atoms with Crippen molar-refractivity contribution in [2.75, 3.05) is 38.2 Å². The monoisotopic (exact) mass is 550 g/mol. The molecule has 1 unspecified atom stereocenters. The van der Waals surface area contributed by atoms with E-state index in [1.165, 1.54) is 13.2 Å². The number of rotatable bonds is 5. The highest BCUT2D eigenvalue weighted by molar-refractivity contribution is 7.90. The van der Waals surface area contributed by atoms with Gasteiger partial charge in [-0.1, -0.05) is 41.5 Å². The van der Waals surface area contributed by atoms with Crippen LogP contribution in [0.1, 0.15) is 89.0 Å². The second kappa shape index (κ2) is 54.1. The van der Waals surface area contributed by atoms with Crippen LogP contribution >= 0.6 is 0 Å². The number of primary amides is 1. The van der Waals surface area contributed by atoms with Crippen LogP contribution in [0.15, 0.2) is 4.99 Å². The summed E-state index contributed by atoms with van der Waals surface area (Å²) >= 11 is 0. The second-order valence-electron chi connectivity index (χ2n) is 6.00. The van der Waals surface area contributed by atoms with Crippen molar-refractivity contribution < 1.29 is 28.2 Å². The highest BCUT2D eigenvalue weighted by atomic mass is 32.2. The molecule has 0 saturated heterocycles. The van der Waals surface area contributed by atoms with Gasteiger partial charge in [-0.25, -0.2) is 8.42 Å². The topological polar surface area (TPSA) is 237 Å². The number of carbonyl (C=O) groups is 2. The second-order valence-corrected chi connectivity index (χ2v) is 8.43. The van der Waals surface area contributed by atoms with Gasteiger partial charge in [0.05, 0.1) is 6.10 Å². The first kappa shape index (κ1) is 54.8. The zero-order chi connectivity index (χ0) is 31.2. The number of hydrogen-bond donors (Lipinski definition) is 7. The molecule has 1 atom stereocenters. The first-order valence-corrected chi connectivity index (χ1v) is 14.3. The Bertz CT molecular complexity index is 511. The van der Waals surface area contributed by atoms with Gasteiger partial charge in [0.1, 0.15) is 9.84 Å². The Labute approximate surface area is 222 Å². The third-order valence-electron chi connectivity index (χ3n) is 2.23. The van der Waals surface area contributed by atoms with Gasteiger partial charge >= 0.3 is 0 Å². The molecule has 0 aliphatic rings. The molecular weight excluding hydrogens is 488 g/mol. The standard InChI is InChI=1S/C4H9NO.C4H10O.C3H9N3.C3H7NO.C3H8O2S.C2H7N.C2H6O.C2H6/c1-3-5-4(2)6;1-3-4(2)5;1-2-6-3(4)5;1-2-3(4)5;1-3-6(2,4)5;2*1-2-3;1-2/h3H2,1-2H3,(H,5,6);4-5H,3H2,1-2H3;2H2,1H3,(H4,4,5,6);2H2,1H3,(H2,4,5);3H2,1-2H3;2-3H2,1H3;3H,2H2,1H3;1-2H3. The fraction of sp³-hybridized carbons (Fsp3) is 0.870. The van der Waals surface area contributed by atoms with Gasteiger partial charge in [-0.3, -0.25) is 14.6 Å². The molecule has 0 aromatic heterocycles.